The highest BCUT2D eigenvalue weighted by Gasteiger charge is 2.14. The Kier molecular flexibility index (Phi) is 4.58. The highest BCUT2D eigenvalue weighted by Crippen LogP contribution is 2.20. The molecule has 1 aromatic carbocycles. The Morgan fingerprint density at radius 2 is 2.00 bits per heavy atom. The van der Waals surface area contributed by atoms with E-state index in [0.717, 1.165) is 12.3 Å². The molecule has 1 atom stereocenters. The number of nitrogens with zero attached hydrogens (tertiary/aromatic N) is 2. The standard InChI is InChI=1S/C15H21N3O/c1-12(2)16-10-15(13-7-5-4-6-8-13)19-14-9-17-18(3)11-14/h4-9,11-12,15-16H,10H2,1-3H3. The molecule has 4 nitrogen and oxygen atoms in total. The van der Waals surface area contributed by atoms with Crippen molar-refractivity contribution in [2.45, 2.75) is 26.0 Å². The monoisotopic (exact) mass is 259 g/mol. The summed E-state index contributed by atoms with van der Waals surface area (Å²) in [5.41, 5.74) is 1.17. The van der Waals surface area contributed by atoms with E-state index in [-0.39, 0.29) is 6.10 Å². The van der Waals surface area contributed by atoms with Crippen molar-refractivity contribution < 1.29 is 4.74 Å². The second-order valence-corrected chi connectivity index (χ2v) is 4.93. The summed E-state index contributed by atoms with van der Waals surface area (Å²) < 4.78 is 7.77. The quantitative estimate of drug-likeness (QED) is 0.866. The van der Waals surface area contributed by atoms with E-state index in [1.165, 1.54) is 5.56 Å². The minimum absolute atomic E-state index is 0.00667. The second-order valence-electron chi connectivity index (χ2n) is 4.93. The van der Waals surface area contributed by atoms with Crippen LogP contribution in [-0.2, 0) is 7.05 Å². The summed E-state index contributed by atoms with van der Waals surface area (Å²) in [6.07, 6.45) is 3.61. The van der Waals surface area contributed by atoms with Gasteiger partial charge in [0.25, 0.3) is 0 Å². The average Bonchev–Trinajstić information content (AvgIpc) is 2.81. The molecule has 0 aliphatic carbocycles. The number of rotatable bonds is 6. The van der Waals surface area contributed by atoms with Gasteiger partial charge < -0.3 is 10.1 Å². The maximum absolute atomic E-state index is 6.03. The molecule has 2 aromatic rings. The van der Waals surface area contributed by atoms with Gasteiger partial charge in [0, 0.05) is 19.6 Å². The van der Waals surface area contributed by atoms with Gasteiger partial charge in [0.2, 0.25) is 0 Å². The van der Waals surface area contributed by atoms with Crippen molar-refractivity contribution in [1.29, 1.82) is 0 Å². The first kappa shape index (κ1) is 13.6. The zero-order valence-electron chi connectivity index (χ0n) is 11.7. The van der Waals surface area contributed by atoms with E-state index in [1.807, 2.05) is 31.4 Å². The molecule has 4 heteroatoms. The van der Waals surface area contributed by atoms with Gasteiger partial charge in [0.05, 0.1) is 12.4 Å². The fourth-order valence-corrected chi connectivity index (χ4v) is 1.86. The third-order valence-electron chi connectivity index (χ3n) is 2.84. The van der Waals surface area contributed by atoms with Crippen LogP contribution in [0.25, 0.3) is 0 Å². The molecule has 0 saturated carbocycles. The smallest absolute Gasteiger partial charge is 0.158 e. The lowest BCUT2D eigenvalue weighted by Crippen LogP contribution is -2.30. The molecule has 0 spiro atoms. The van der Waals surface area contributed by atoms with Crippen LogP contribution in [0.3, 0.4) is 0 Å². The first-order valence-corrected chi connectivity index (χ1v) is 6.59. The molecular weight excluding hydrogens is 238 g/mol. The number of hydrogen-bond acceptors (Lipinski definition) is 3. The summed E-state index contributed by atoms with van der Waals surface area (Å²) in [4.78, 5) is 0. The normalized spacial score (nSPS) is 12.6. The van der Waals surface area contributed by atoms with Crippen LogP contribution in [0, 0.1) is 0 Å². The van der Waals surface area contributed by atoms with Crippen LogP contribution in [0.15, 0.2) is 42.7 Å². The first-order valence-electron chi connectivity index (χ1n) is 6.59. The summed E-state index contributed by atoms with van der Waals surface area (Å²) in [6.45, 7) is 5.04. The predicted molar refractivity (Wildman–Crippen MR) is 76.2 cm³/mol. The van der Waals surface area contributed by atoms with Gasteiger partial charge in [-0.05, 0) is 5.56 Å². The van der Waals surface area contributed by atoms with Gasteiger partial charge in [-0.1, -0.05) is 44.2 Å². The van der Waals surface area contributed by atoms with E-state index >= 15 is 0 Å². The van der Waals surface area contributed by atoms with Crippen molar-refractivity contribution in [3.8, 4) is 5.75 Å². The molecule has 1 aromatic heterocycles. The van der Waals surface area contributed by atoms with Gasteiger partial charge in [-0.25, -0.2) is 0 Å². The third kappa shape index (κ3) is 4.10. The lowest BCUT2D eigenvalue weighted by Gasteiger charge is -2.20. The number of ether oxygens (including phenoxy) is 1. The fourth-order valence-electron chi connectivity index (χ4n) is 1.86. The van der Waals surface area contributed by atoms with Crippen LogP contribution >= 0.6 is 0 Å². The summed E-state index contributed by atoms with van der Waals surface area (Å²) in [5, 5.41) is 7.55. The Balaban J connectivity index is 2.10. The van der Waals surface area contributed by atoms with Crippen molar-refractivity contribution in [2.24, 2.45) is 7.05 Å². The molecular formula is C15H21N3O. The SMILES string of the molecule is CC(C)NCC(Oc1cnn(C)c1)c1ccccc1. The number of hydrogen-bond donors (Lipinski definition) is 1. The summed E-state index contributed by atoms with van der Waals surface area (Å²) in [7, 11) is 1.89. The zero-order valence-corrected chi connectivity index (χ0v) is 11.7. The maximum atomic E-state index is 6.03. The van der Waals surface area contributed by atoms with Crippen LogP contribution in [0.5, 0.6) is 5.75 Å². The maximum Gasteiger partial charge on any atom is 0.158 e. The van der Waals surface area contributed by atoms with Gasteiger partial charge in [-0.3, -0.25) is 4.68 Å². The largest absolute Gasteiger partial charge is 0.481 e. The molecule has 0 fully saturated rings. The highest BCUT2D eigenvalue weighted by molar-refractivity contribution is 5.21. The molecule has 0 aliphatic heterocycles. The van der Waals surface area contributed by atoms with Crippen molar-refractivity contribution in [3.05, 3.63) is 48.3 Å². The lowest BCUT2D eigenvalue weighted by molar-refractivity contribution is 0.198. The van der Waals surface area contributed by atoms with Crippen LogP contribution in [0.4, 0.5) is 0 Å². The number of aromatic nitrogens is 2. The Labute approximate surface area is 114 Å². The Hall–Kier alpha value is -1.81. The molecule has 0 bridgehead atoms. The third-order valence-corrected chi connectivity index (χ3v) is 2.84. The van der Waals surface area contributed by atoms with Gasteiger partial charge in [0.1, 0.15) is 6.10 Å². The molecule has 1 unspecified atom stereocenters. The summed E-state index contributed by atoms with van der Waals surface area (Å²) >= 11 is 0. The molecule has 102 valence electrons. The van der Waals surface area contributed by atoms with Gasteiger partial charge in [-0.15, -0.1) is 0 Å². The van der Waals surface area contributed by atoms with E-state index in [0.29, 0.717) is 6.04 Å². The van der Waals surface area contributed by atoms with Crippen LogP contribution in [-0.4, -0.2) is 22.4 Å². The van der Waals surface area contributed by atoms with Crippen molar-refractivity contribution in [1.82, 2.24) is 15.1 Å². The number of nitrogens with one attached hydrogen (secondary N) is 1. The Morgan fingerprint density at radius 3 is 2.58 bits per heavy atom. The van der Waals surface area contributed by atoms with Crippen molar-refractivity contribution in [2.75, 3.05) is 6.54 Å². The summed E-state index contributed by atoms with van der Waals surface area (Å²) in [6, 6.07) is 10.7. The van der Waals surface area contributed by atoms with Gasteiger partial charge in [0.15, 0.2) is 5.75 Å². The molecule has 0 aliphatic rings. The van der Waals surface area contributed by atoms with E-state index in [9.17, 15) is 0 Å². The van der Waals surface area contributed by atoms with E-state index in [2.05, 4.69) is 36.4 Å². The van der Waals surface area contributed by atoms with Crippen LogP contribution in [0.2, 0.25) is 0 Å². The zero-order chi connectivity index (χ0) is 13.7. The molecule has 0 radical (unpaired) electrons. The molecule has 2 rings (SSSR count). The first-order chi connectivity index (χ1) is 9.15. The molecule has 0 amide bonds. The number of benzene rings is 1. The average molecular weight is 259 g/mol. The lowest BCUT2D eigenvalue weighted by atomic mass is 10.1. The van der Waals surface area contributed by atoms with Crippen LogP contribution < -0.4 is 10.1 Å². The molecule has 1 heterocycles. The Bertz CT molecular complexity index is 493. The van der Waals surface area contributed by atoms with Crippen molar-refractivity contribution >= 4 is 0 Å². The fraction of sp³-hybridized carbons (Fsp3) is 0.400. The Morgan fingerprint density at radius 1 is 1.26 bits per heavy atom. The number of aryl methyl sites for hydroxylation is 1. The van der Waals surface area contributed by atoms with Gasteiger partial charge in [-0.2, -0.15) is 5.10 Å². The predicted octanol–water partition coefficient (Wildman–Crippen LogP) is 2.54. The summed E-state index contributed by atoms with van der Waals surface area (Å²) in [5.74, 6) is 0.793. The van der Waals surface area contributed by atoms with E-state index < -0.39 is 0 Å². The molecule has 19 heavy (non-hydrogen) atoms. The highest BCUT2D eigenvalue weighted by atomic mass is 16.5. The molecule has 1 N–H and O–H groups in total. The minimum Gasteiger partial charge on any atom is -0.481 e. The topological polar surface area (TPSA) is 39.1 Å². The van der Waals surface area contributed by atoms with Crippen molar-refractivity contribution in [3.63, 3.8) is 0 Å². The second kappa shape index (κ2) is 6.38. The van der Waals surface area contributed by atoms with E-state index in [1.54, 1.807) is 10.9 Å². The minimum atomic E-state index is -0.00667. The van der Waals surface area contributed by atoms with Gasteiger partial charge >= 0.3 is 0 Å². The van der Waals surface area contributed by atoms with Crippen LogP contribution in [0.1, 0.15) is 25.5 Å². The van der Waals surface area contributed by atoms with E-state index in [4.69, 9.17) is 4.74 Å². The molecule has 0 saturated heterocycles.